The van der Waals surface area contributed by atoms with E-state index >= 15 is 0 Å². The van der Waals surface area contributed by atoms with E-state index in [0.717, 1.165) is 25.7 Å². The standard InChI is InChI=1S/C21H23NO5S/c1-3-16(19(23)22-15-10-6-5-9-14(15)20(24)26-2)27-21(25)18-12-13-8-4-7-11-17(13)28-18/h5-6,9-10,12,16H,3-4,7-8,11H2,1-2H3,(H,22,23). The van der Waals surface area contributed by atoms with Gasteiger partial charge >= 0.3 is 11.9 Å². The number of nitrogens with one attached hydrogen (secondary N) is 1. The normalized spacial score (nSPS) is 13.9. The van der Waals surface area contributed by atoms with Gasteiger partial charge in [-0.15, -0.1) is 11.3 Å². The van der Waals surface area contributed by atoms with Crippen molar-refractivity contribution >= 4 is 34.9 Å². The van der Waals surface area contributed by atoms with Crippen LogP contribution in [0.15, 0.2) is 30.3 Å². The first kappa shape index (κ1) is 20.1. The van der Waals surface area contributed by atoms with Gasteiger partial charge in [-0.3, -0.25) is 4.79 Å². The quantitative estimate of drug-likeness (QED) is 0.740. The van der Waals surface area contributed by atoms with Gasteiger partial charge in [0.25, 0.3) is 5.91 Å². The second-order valence-corrected chi connectivity index (χ2v) is 7.73. The molecule has 0 bridgehead atoms. The average molecular weight is 401 g/mol. The maximum absolute atomic E-state index is 12.6. The van der Waals surface area contributed by atoms with E-state index in [1.165, 1.54) is 28.9 Å². The topological polar surface area (TPSA) is 81.7 Å². The number of carbonyl (C=O) groups excluding carboxylic acids is 3. The zero-order valence-electron chi connectivity index (χ0n) is 15.9. The number of esters is 2. The molecule has 7 heteroatoms. The van der Waals surface area contributed by atoms with Crippen LogP contribution in [0.3, 0.4) is 0 Å². The van der Waals surface area contributed by atoms with Crippen LogP contribution in [0.25, 0.3) is 0 Å². The molecule has 1 aliphatic carbocycles. The predicted octanol–water partition coefficient (Wildman–Crippen LogP) is 3.99. The van der Waals surface area contributed by atoms with Crippen LogP contribution in [0.2, 0.25) is 0 Å². The number of aryl methyl sites for hydroxylation is 2. The number of methoxy groups -OCH3 is 1. The molecular formula is C21H23NO5S. The number of carbonyl (C=O) groups is 3. The van der Waals surface area contributed by atoms with Gasteiger partial charge in [-0.25, -0.2) is 9.59 Å². The lowest BCUT2D eigenvalue weighted by Crippen LogP contribution is -2.32. The van der Waals surface area contributed by atoms with Crippen molar-refractivity contribution in [2.45, 2.75) is 45.1 Å². The minimum Gasteiger partial charge on any atom is -0.465 e. The second-order valence-electron chi connectivity index (χ2n) is 6.59. The number of thiophene rings is 1. The summed E-state index contributed by atoms with van der Waals surface area (Å²) in [5, 5.41) is 2.67. The Morgan fingerprint density at radius 3 is 2.61 bits per heavy atom. The molecule has 1 N–H and O–H groups in total. The summed E-state index contributed by atoms with van der Waals surface area (Å²) in [7, 11) is 1.28. The van der Waals surface area contributed by atoms with E-state index < -0.39 is 23.9 Å². The first-order chi connectivity index (χ1) is 13.5. The molecule has 1 amide bonds. The van der Waals surface area contributed by atoms with Crippen molar-refractivity contribution in [1.82, 2.24) is 0 Å². The molecule has 0 fully saturated rings. The highest BCUT2D eigenvalue weighted by Gasteiger charge is 2.25. The SMILES string of the molecule is CCC(OC(=O)c1cc2c(s1)CCCC2)C(=O)Nc1ccccc1C(=O)OC. The molecule has 0 saturated heterocycles. The van der Waals surface area contributed by atoms with E-state index in [1.54, 1.807) is 31.2 Å². The van der Waals surface area contributed by atoms with E-state index in [4.69, 9.17) is 9.47 Å². The smallest absolute Gasteiger partial charge is 0.349 e. The minimum atomic E-state index is -0.947. The number of ether oxygens (including phenoxy) is 2. The fraction of sp³-hybridized carbons (Fsp3) is 0.381. The number of anilines is 1. The predicted molar refractivity (Wildman–Crippen MR) is 107 cm³/mol. The Labute approximate surface area is 167 Å². The molecule has 0 saturated carbocycles. The molecule has 0 spiro atoms. The fourth-order valence-electron chi connectivity index (χ4n) is 3.19. The molecule has 1 aromatic heterocycles. The summed E-state index contributed by atoms with van der Waals surface area (Å²) >= 11 is 1.45. The lowest BCUT2D eigenvalue weighted by atomic mass is 9.99. The van der Waals surface area contributed by atoms with Gasteiger partial charge < -0.3 is 14.8 Å². The molecule has 0 aliphatic heterocycles. The third kappa shape index (κ3) is 4.42. The third-order valence-electron chi connectivity index (χ3n) is 4.70. The van der Waals surface area contributed by atoms with Crippen molar-refractivity contribution < 1.29 is 23.9 Å². The Bertz CT molecular complexity index is 865. The first-order valence-electron chi connectivity index (χ1n) is 9.34. The summed E-state index contributed by atoms with van der Waals surface area (Å²) < 4.78 is 10.2. The molecule has 28 heavy (non-hydrogen) atoms. The van der Waals surface area contributed by atoms with E-state index in [9.17, 15) is 14.4 Å². The fourth-order valence-corrected chi connectivity index (χ4v) is 4.33. The van der Waals surface area contributed by atoms with Gasteiger partial charge in [0.05, 0.1) is 18.4 Å². The molecule has 148 valence electrons. The summed E-state index contributed by atoms with van der Waals surface area (Å²) in [5.41, 5.74) is 1.78. The van der Waals surface area contributed by atoms with Crippen molar-refractivity contribution in [3.8, 4) is 0 Å². The summed E-state index contributed by atoms with van der Waals surface area (Å²) in [4.78, 5) is 38.8. The summed E-state index contributed by atoms with van der Waals surface area (Å²) in [6.07, 6.45) is 3.64. The van der Waals surface area contributed by atoms with Crippen LogP contribution in [-0.4, -0.2) is 31.1 Å². The molecule has 6 nitrogen and oxygen atoms in total. The van der Waals surface area contributed by atoms with E-state index in [-0.39, 0.29) is 5.56 Å². The highest BCUT2D eigenvalue weighted by molar-refractivity contribution is 7.14. The summed E-state index contributed by atoms with van der Waals surface area (Å²) in [6, 6.07) is 8.43. The average Bonchev–Trinajstić information content (AvgIpc) is 3.16. The Kier molecular flexibility index (Phi) is 6.46. The molecule has 2 aromatic rings. The molecule has 1 aliphatic rings. The van der Waals surface area contributed by atoms with Crippen molar-refractivity contribution in [2.24, 2.45) is 0 Å². The Morgan fingerprint density at radius 1 is 1.14 bits per heavy atom. The molecule has 1 heterocycles. The summed E-state index contributed by atoms with van der Waals surface area (Å²) in [6.45, 7) is 1.77. The van der Waals surface area contributed by atoms with Crippen LogP contribution >= 0.6 is 11.3 Å². The van der Waals surface area contributed by atoms with Crippen LogP contribution in [0, 0.1) is 0 Å². The van der Waals surface area contributed by atoms with Crippen LogP contribution < -0.4 is 5.32 Å². The number of para-hydroxylation sites is 1. The van der Waals surface area contributed by atoms with Crippen molar-refractivity contribution in [2.75, 3.05) is 12.4 Å². The van der Waals surface area contributed by atoms with Crippen LogP contribution in [0.5, 0.6) is 0 Å². The van der Waals surface area contributed by atoms with Crippen molar-refractivity contribution in [3.05, 3.63) is 51.2 Å². The van der Waals surface area contributed by atoms with E-state index in [1.807, 2.05) is 6.07 Å². The number of benzene rings is 1. The van der Waals surface area contributed by atoms with Crippen LogP contribution in [0.1, 0.15) is 56.7 Å². The largest absolute Gasteiger partial charge is 0.465 e. The van der Waals surface area contributed by atoms with Gasteiger partial charge in [-0.1, -0.05) is 19.1 Å². The molecule has 1 aromatic carbocycles. The lowest BCUT2D eigenvalue weighted by Gasteiger charge is -2.16. The lowest BCUT2D eigenvalue weighted by molar-refractivity contribution is -0.124. The monoisotopic (exact) mass is 401 g/mol. The van der Waals surface area contributed by atoms with Gasteiger partial charge in [-0.05, 0) is 55.9 Å². The second kappa shape index (κ2) is 9.01. The maximum atomic E-state index is 12.6. The Balaban J connectivity index is 1.69. The Hall–Kier alpha value is -2.67. The molecule has 0 radical (unpaired) electrons. The van der Waals surface area contributed by atoms with E-state index in [2.05, 4.69) is 5.32 Å². The van der Waals surface area contributed by atoms with Crippen molar-refractivity contribution in [1.29, 1.82) is 0 Å². The first-order valence-corrected chi connectivity index (χ1v) is 10.2. The summed E-state index contributed by atoms with van der Waals surface area (Å²) in [5.74, 6) is -1.51. The van der Waals surface area contributed by atoms with Gasteiger partial charge in [-0.2, -0.15) is 0 Å². The third-order valence-corrected chi connectivity index (χ3v) is 5.92. The number of hydrogen-bond acceptors (Lipinski definition) is 6. The molecule has 1 unspecified atom stereocenters. The molecule has 3 rings (SSSR count). The maximum Gasteiger partial charge on any atom is 0.349 e. The van der Waals surface area contributed by atoms with Gasteiger partial charge in [0.1, 0.15) is 4.88 Å². The van der Waals surface area contributed by atoms with Crippen LogP contribution in [0.4, 0.5) is 5.69 Å². The number of hydrogen-bond donors (Lipinski definition) is 1. The number of rotatable bonds is 6. The van der Waals surface area contributed by atoms with Crippen LogP contribution in [-0.2, 0) is 27.1 Å². The highest BCUT2D eigenvalue weighted by atomic mass is 32.1. The molecular weight excluding hydrogens is 378 g/mol. The van der Waals surface area contributed by atoms with Gasteiger partial charge in [0, 0.05) is 4.88 Å². The van der Waals surface area contributed by atoms with E-state index in [0.29, 0.717) is 17.0 Å². The zero-order valence-corrected chi connectivity index (χ0v) is 16.8. The Morgan fingerprint density at radius 2 is 1.89 bits per heavy atom. The zero-order chi connectivity index (χ0) is 20.1. The van der Waals surface area contributed by atoms with Gasteiger partial charge in [0.15, 0.2) is 6.10 Å². The van der Waals surface area contributed by atoms with Gasteiger partial charge in [0.2, 0.25) is 0 Å². The number of fused-ring (bicyclic) bond motifs is 1. The highest BCUT2D eigenvalue weighted by Crippen LogP contribution is 2.30. The number of amides is 1. The minimum absolute atomic E-state index is 0.241. The van der Waals surface area contributed by atoms with Crippen molar-refractivity contribution in [3.63, 3.8) is 0 Å². The molecule has 1 atom stereocenters.